The number of amides is 3. The van der Waals surface area contributed by atoms with Gasteiger partial charge in [-0.1, -0.05) is 56.3 Å². The quantitative estimate of drug-likeness (QED) is 0.233. The Balaban J connectivity index is 2.28. The van der Waals surface area contributed by atoms with Gasteiger partial charge in [-0.2, -0.15) is 0 Å². The molecule has 37 heavy (non-hydrogen) atoms. The topological polar surface area (TPSA) is 171 Å². The number of carboxylic acids is 1. The number of aliphatic carboxylic acids is 1. The highest BCUT2D eigenvalue weighted by Gasteiger charge is 2.30. The molecule has 2 rings (SSSR count). The molecule has 0 aromatic heterocycles. The first-order valence-electron chi connectivity index (χ1n) is 12.2. The first-order valence-corrected chi connectivity index (χ1v) is 12.2. The summed E-state index contributed by atoms with van der Waals surface area (Å²) in [6.45, 7) is 5.18. The van der Waals surface area contributed by atoms with Gasteiger partial charge in [0.15, 0.2) is 0 Å². The smallest absolute Gasteiger partial charge is 0.325 e. The number of nitrogens with one attached hydrogen (secondary N) is 3. The number of carbonyl (C=O) groups is 4. The highest BCUT2D eigenvalue weighted by Crippen LogP contribution is 2.13. The lowest BCUT2D eigenvalue weighted by Crippen LogP contribution is -2.58. The molecule has 10 heteroatoms. The number of carboxylic acid groups (broad SMARTS) is 1. The molecular formula is C27H36N4O6. The van der Waals surface area contributed by atoms with Crippen LogP contribution in [0, 0.1) is 5.92 Å². The Morgan fingerprint density at radius 2 is 1.24 bits per heavy atom. The van der Waals surface area contributed by atoms with E-state index in [2.05, 4.69) is 16.0 Å². The minimum Gasteiger partial charge on any atom is -0.508 e. The van der Waals surface area contributed by atoms with Crippen molar-refractivity contribution in [1.29, 1.82) is 0 Å². The van der Waals surface area contributed by atoms with E-state index in [4.69, 9.17) is 5.73 Å². The molecule has 0 saturated carbocycles. The van der Waals surface area contributed by atoms with E-state index < -0.39 is 47.9 Å². The van der Waals surface area contributed by atoms with E-state index in [1.54, 1.807) is 36.4 Å². The van der Waals surface area contributed by atoms with Crippen LogP contribution in [0.4, 0.5) is 0 Å². The molecule has 200 valence electrons. The molecule has 0 aliphatic carbocycles. The number of phenolic OH excluding ortho intramolecular Hbond substituents is 1. The number of nitrogens with two attached hydrogens (primary N) is 1. The molecule has 0 aliphatic rings. The van der Waals surface area contributed by atoms with Crippen molar-refractivity contribution in [3.05, 3.63) is 65.7 Å². The predicted octanol–water partition coefficient (Wildman–Crippen LogP) is 1.11. The number of aromatic hydroxyl groups is 1. The largest absolute Gasteiger partial charge is 0.508 e. The maximum absolute atomic E-state index is 13.4. The summed E-state index contributed by atoms with van der Waals surface area (Å²) in [7, 11) is 0. The van der Waals surface area contributed by atoms with Gasteiger partial charge in [-0.05, 0) is 42.5 Å². The van der Waals surface area contributed by atoms with Crippen molar-refractivity contribution in [3.63, 3.8) is 0 Å². The number of rotatable bonds is 13. The monoisotopic (exact) mass is 512 g/mol. The van der Waals surface area contributed by atoms with Crippen molar-refractivity contribution in [2.24, 2.45) is 11.7 Å². The second kappa shape index (κ2) is 14.0. The first-order chi connectivity index (χ1) is 17.5. The molecule has 2 aromatic rings. The number of carbonyl (C=O) groups excluding carboxylic acids is 3. The lowest BCUT2D eigenvalue weighted by molar-refractivity contribution is -0.141. The summed E-state index contributed by atoms with van der Waals surface area (Å²) in [4.78, 5) is 50.4. The van der Waals surface area contributed by atoms with E-state index in [1.807, 2.05) is 19.9 Å². The number of phenols is 1. The third kappa shape index (κ3) is 9.92. The fraction of sp³-hybridized carbons (Fsp3) is 0.407. The average molecular weight is 513 g/mol. The van der Waals surface area contributed by atoms with Gasteiger partial charge in [0.1, 0.15) is 23.9 Å². The summed E-state index contributed by atoms with van der Waals surface area (Å²) in [5.41, 5.74) is 7.44. The second-order valence-electron chi connectivity index (χ2n) is 9.49. The molecule has 0 spiro atoms. The van der Waals surface area contributed by atoms with E-state index in [0.29, 0.717) is 12.0 Å². The number of hydrogen-bond donors (Lipinski definition) is 6. The standard InChI is InChI=1S/C27H36N4O6/c1-16(2)13-21(28)24(33)30-23(15-19-9-11-20(32)12-10-19)26(35)31-22(14-18-7-5-4-6-8-18)25(34)29-17(3)27(36)37/h4-12,16-17,21-23,32H,13-15,28H2,1-3H3,(H,29,34)(H,30,33)(H,31,35)(H,36,37). The highest BCUT2D eigenvalue weighted by molar-refractivity contribution is 5.94. The van der Waals surface area contributed by atoms with E-state index in [-0.39, 0.29) is 24.5 Å². The van der Waals surface area contributed by atoms with Gasteiger partial charge in [0.2, 0.25) is 17.7 Å². The van der Waals surface area contributed by atoms with Gasteiger partial charge in [-0.15, -0.1) is 0 Å². The Hall–Kier alpha value is -3.92. The van der Waals surface area contributed by atoms with Crippen LogP contribution in [0.25, 0.3) is 0 Å². The molecule has 4 unspecified atom stereocenters. The van der Waals surface area contributed by atoms with Crippen molar-refractivity contribution in [2.75, 3.05) is 0 Å². The third-order valence-electron chi connectivity index (χ3n) is 5.72. The minimum absolute atomic E-state index is 0.0555. The zero-order chi connectivity index (χ0) is 27.5. The van der Waals surface area contributed by atoms with Crippen LogP contribution in [-0.2, 0) is 32.0 Å². The molecule has 0 fully saturated rings. The summed E-state index contributed by atoms with van der Waals surface area (Å²) in [5.74, 6) is -2.79. The van der Waals surface area contributed by atoms with E-state index >= 15 is 0 Å². The zero-order valence-electron chi connectivity index (χ0n) is 21.3. The van der Waals surface area contributed by atoms with E-state index in [9.17, 15) is 29.4 Å². The number of hydrogen-bond acceptors (Lipinski definition) is 6. The normalized spacial score (nSPS) is 14.2. The zero-order valence-corrected chi connectivity index (χ0v) is 21.3. The summed E-state index contributed by atoms with van der Waals surface area (Å²) in [6.07, 6.45) is 0.612. The molecule has 4 atom stereocenters. The van der Waals surface area contributed by atoms with Crippen LogP contribution in [0.1, 0.15) is 38.3 Å². The molecule has 0 aliphatic heterocycles. The van der Waals surface area contributed by atoms with Crippen LogP contribution in [0.3, 0.4) is 0 Å². The summed E-state index contributed by atoms with van der Waals surface area (Å²) < 4.78 is 0. The fourth-order valence-corrected chi connectivity index (χ4v) is 3.68. The van der Waals surface area contributed by atoms with Gasteiger partial charge in [0, 0.05) is 12.8 Å². The van der Waals surface area contributed by atoms with E-state index in [1.165, 1.54) is 19.1 Å². The van der Waals surface area contributed by atoms with Gasteiger partial charge in [-0.3, -0.25) is 19.2 Å². The van der Waals surface area contributed by atoms with Crippen LogP contribution >= 0.6 is 0 Å². The van der Waals surface area contributed by atoms with Crippen LogP contribution in [-0.4, -0.2) is 58.1 Å². The summed E-state index contributed by atoms with van der Waals surface area (Å²) in [6, 6.07) is 11.0. The third-order valence-corrected chi connectivity index (χ3v) is 5.72. The van der Waals surface area contributed by atoms with Crippen LogP contribution in [0.5, 0.6) is 5.75 Å². The Morgan fingerprint density at radius 3 is 1.76 bits per heavy atom. The van der Waals surface area contributed by atoms with Crippen molar-refractivity contribution in [2.45, 2.75) is 64.2 Å². The fourth-order valence-electron chi connectivity index (χ4n) is 3.68. The van der Waals surface area contributed by atoms with E-state index in [0.717, 1.165) is 5.56 Å². The number of benzene rings is 2. The van der Waals surface area contributed by atoms with Gasteiger partial charge in [0.25, 0.3) is 0 Å². The second-order valence-corrected chi connectivity index (χ2v) is 9.49. The maximum atomic E-state index is 13.4. The molecule has 0 heterocycles. The molecule has 10 nitrogen and oxygen atoms in total. The molecule has 2 aromatic carbocycles. The van der Waals surface area contributed by atoms with Crippen LogP contribution < -0.4 is 21.7 Å². The molecule has 0 saturated heterocycles. The Bertz CT molecular complexity index is 1060. The van der Waals surface area contributed by atoms with Gasteiger partial charge in [0.05, 0.1) is 6.04 Å². The molecular weight excluding hydrogens is 476 g/mol. The molecule has 0 bridgehead atoms. The van der Waals surface area contributed by atoms with Crippen molar-refractivity contribution in [3.8, 4) is 5.75 Å². The predicted molar refractivity (Wildman–Crippen MR) is 138 cm³/mol. The summed E-state index contributed by atoms with van der Waals surface area (Å²) in [5, 5.41) is 26.5. The lowest BCUT2D eigenvalue weighted by atomic mass is 10.0. The molecule has 3 amide bonds. The van der Waals surface area contributed by atoms with Crippen molar-refractivity contribution >= 4 is 23.7 Å². The Kier molecular flexibility index (Phi) is 11.1. The van der Waals surface area contributed by atoms with Crippen molar-refractivity contribution < 1.29 is 29.4 Å². The Morgan fingerprint density at radius 1 is 0.757 bits per heavy atom. The van der Waals surface area contributed by atoms with Crippen molar-refractivity contribution in [1.82, 2.24) is 16.0 Å². The lowest BCUT2D eigenvalue weighted by Gasteiger charge is -2.25. The van der Waals surface area contributed by atoms with Crippen LogP contribution in [0.2, 0.25) is 0 Å². The average Bonchev–Trinajstić information content (AvgIpc) is 2.84. The first kappa shape index (κ1) is 29.3. The van der Waals surface area contributed by atoms with Gasteiger partial charge < -0.3 is 31.9 Å². The molecule has 7 N–H and O–H groups in total. The Labute approximate surface area is 216 Å². The van der Waals surface area contributed by atoms with Crippen LogP contribution in [0.15, 0.2) is 54.6 Å². The SMILES string of the molecule is CC(C)CC(N)C(=O)NC(Cc1ccc(O)cc1)C(=O)NC(Cc1ccccc1)C(=O)NC(C)C(=O)O. The minimum atomic E-state index is -1.21. The van der Waals surface area contributed by atoms with Gasteiger partial charge >= 0.3 is 5.97 Å². The highest BCUT2D eigenvalue weighted by atomic mass is 16.4. The summed E-state index contributed by atoms with van der Waals surface area (Å²) >= 11 is 0. The maximum Gasteiger partial charge on any atom is 0.325 e. The molecule has 0 radical (unpaired) electrons. The van der Waals surface area contributed by atoms with Gasteiger partial charge in [-0.25, -0.2) is 0 Å².